The molecule has 0 aliphatic carbocycles. The van der Waals surface area contributed by atoms with E-state index in [9.17, 15) is 9.18 Å². The van der Waals surface area contributed by atoms with E-state index >= 15 is 0 Å². The van der Waals surface area contributed by atoms with Crippen LogP contribution in [0.2, 0.25) is 0 Å². The fourth-order valence-electron chi connectivity index (χ4n) is 1.57. The molecule has 0 unspecified atom stereocenters. The average molecular weight is 302 g/mol. The maximum atomic E-state index is 13.5. The number of hydrogen-bond acceptors (Lipinski definition) is 1. The number of hydrogen-bond donors (Lipinski definition) is 0. The molecule has 0 spiro atoms. The Balaban J connectivity index is 2.80. The molecule has 0 bridgehead atoms. The predicted octanol–water partition coefficient (Wildman–Crippen LogP) is 3.46. The molecule has 0 N–H and O–H groups in total. The Hall–Kier alpha value is -0.900. The van der Waals surface area contributed by atoms with Crippen molar-refractivity contribution in [3.63, 3.8) is 0 Å². The van der Waals surface area contributed by atoms with E-state index in [1.165, 1.54) is 12.1 Å². The van der Waals surface area contributed by atoms with Gasteiger partial charge in [-0.2, -0.15) is 0 Å². The molecular weight excluding hydrogens is 285 g/mol. The molecule has 0 fully saturated rings. The van der Waals surface area contributed by atoms with Gasteiger partial charge in [-0.05, 0) is 18.6 Å². The van der Waals surface area contributed by atoms with E-state index in [1.807, 2.05) is 0 Å². The highest BCUT2D eigenvalue weighted by Crippen LogP contribution is 2.11. The number of nitrogens with zero attached hydrogens (tertiary/aromatic N) is 1. The SMILES string of the molecule is CCCCN(CCBr)C(=O)c1ccccc1F. The molecule has 0 aliphatic heterocycles. The molecule has 0 radical (unpaired) electrons. The van der Waals surface area contributed by atoms with Crippen molar-refractivity contribution in [2.24, 2.45) is 0 Å². The molecule has 1 rings (SSSR count). The molecule has 94 valence electrons. The van der Waals surface area contributed by atoms with Gasteiger partial charge in [-0.3, -0.25) is 4.79 Å². The summed E-state index contributed by atoms with van der Waals surface area (Å²) in [6.45, 7) is 3.35. The second-order valence-electron chi connectivity index (χ2n) is 3.81. The predicted molar refractivity (Wildman–Crippen MR) is 71.0 cm³/mol. The number of halogens is 2. The number of rotatable bonds is 6. The van der Waals surface area contributed by atoms with Gasteiger partial charge >= 0.3 is 0 Å². The molecule has 1 aromatic carbocycles. The zero-order valence-corrected chi connectivity index (χ0v) is 11.5. The lowest BCUT2D eigenvalue weighted by Gasteiger charge is -2.21. The van der Waals surface area contributed by atoms with Crippen molar-refractivity contribution in [2.75, 3.05) is 18.4 Å². The number of alkyl halides is 1. The van der Waals surface area contributed by atoms with Crippen molar-refractivity contribution in [3.8, 4) is 0 Å². The third kappa shape index (κ3) is 4.11. The van der Waals surface area contributed by atoms with Gasteiger partial charge in [-0.1, -0.05) is 41.4 Å². The van der Waals surface area contributed by atoms with Crippen LogP contribution >= 0.6 is 15.9 Å². The van der Waals surface area contributed by atoms with Crippen LogP contribution < -0.4 is 0 Å². The second kappa shape index (κ2) is 7.43. The third-order valence-corrected chi connectivity index (χ3v) is 2.88. The second-order valence-corrected chi connectivity index (χ2v) is 4.61. The van der Waals surface area contributed by atoms with Crippen molar-refractivity contribution in [1.29, 1.82) is 0 Å². The van der Waals surface area contributed by atoms with Crippen LogP contribution in [-0.2, 0) is 0 Å². The Morgan fingerprint density at radius 2 is 2.06 bits per heavy atom. The van der Waals surface area contributed by atoms with Gasteiger partial charge in [0.25, 0.3) is 5.91 Å². The topological polar surface area (TPSA) is 20.3 Å². The van der Waals surface area contributed by atoms with Crippen LogP contribution in [0.4, 0.5) is 4.39 Å². The Morgan fingerprint density at radius 3 is 2.65 bits per heavy atom. The summed E-state index contributed by atoms with van der Waals surface area (Å²) in [5.41, 5.74) is 0.157. The third-order valence-electron chi connectivity index (χ3n) is 2.53. The van der Waals surface area contributed by atoms with Crippen LogP contribution in [0.1, 0.15) is 30.1 Å². The first-order valence-electron chi connectivity index (χ1n) is 5.80. The van der Waals surface area contributed by atoms with Gasteiger partial charge in [0, 0.05) is 18.4 Å². The highest BCUT2D eigenvalue weighted by atomic mass is 79.9. The van der Waals surface area contributed by atoms with Crippen LogP contribution in [0, 0.1) is 5.82 Å². The van der Waals surface area contributed by atoms with Crippen LogP contribution in [0.5, 0.6) is 0 Å². The number of amides is 1. The monoisotopic (exact) mass is 301 g/mol. The molecule has 4 heteroatoms. The van der Waals surface area contributed by atoms with Gasteiger partial charge in [0.05, 0.1) is 5.56 Å². The minimum Gasteiger partial charge on any atom is -0.338 e. The van der Waals surface area contributed by atoms with Crippen molar-refractivity contribution >= 4 is 21.8 Å². The Morgan fingerprint density at radius 1 is 1.35 bits per heavy atom. The zero-order chi connectivity index (χ0) is 12.7. The summed E-state index contributed by atoms with van der Waals surface area (Å²) < 4.78 is 13.5. The fraction of sp³-hybridized carbons (Fsp3) is 0.462. The van der Waals surface area contributed by atoms with E-state index in [0.717, 1.165) is 12.8 Å². The van der Waals surface area contributed by atoms with Crippen LogP contribution in [-0.4, -0.2) is 29.2 Å². The lowest BCUT2D eigenvalue weighted by molar-refractivity contribution is 0.0759. The first-order valence-corrected chi connectivity index (χ1v) is 6.92. The minimum atomic E-state index is -0.450. The van der Waals surface area contributed by atoms with Gasteiger partial charge in [-0.15, -0.1) is 0 Å². The molecule has 1 aromatic rings. The molecule has 0 aliphatic rings. The van der Waals surface area contributed by atoms with Gasteiger partial charge < -0.3 is 4.90 Å². The van der Waals surface area contributed by atoms with Gasteiger partial charge in [0.2, 0.25) is 0 Å². The van der Waals surface area contributed by atoms with Gasteiger partial charge in [0.15, 0.2) is 0 Å². The summed E-state index contributed by atoms with van der Waals surface area (Å²) in [7, 11) is 0. The number of carbonyl (C=O) groups excluding carboxylic acids is 1. The molecule has 0 aromatic heterocycles. The average Bonchev–Trinajstić information content (AvgIpc) is 2.34. The molecule has 17 heavy (non-hydrogen) atoms. The van der Waals surface area contributed by atoms with Crippen LogP contribution in [0.3, 0.4) is 0 Å². The van der Waals surface area contributed by atoms with Crippen LogP contribution in [0.25, 0.3) is 0 Å². The maximum Gasteiger partial charge on any atom is 0.256 e. The largest absolute Gasteiger partial charge is 0.338 e. The first kappa shape index (κ1) is 14.2. The molecule has 2 nitrogen and oxygen atoms in total. The number of unbranched alkanes of at least 4 members (excludes halogenated alkanes) is 1. The van der Waals surface area contributed by atoms with E-state index in [2.05, 4.69) is 22.9 Å². The Kier molecular flexibility index (Phi) is 6.19. The lowest BCUT2D eigenvalue weighted by atomic mass is 10.1. The zero-order valence-electron chi connectivity index (χ0n) is 9.96. The molecule has 0 atom stereocenters. The molecule has 0 saturated carbocycles. The number of carbonyl (C=O) groups is 1. The van der Waals surface area contributed by atoms with Crippen LogP contribution in [0.15, 0.2) is 24.3 Å². The summed E-state index contributed by atoms with van der Waals surface area (Å²) >= 11 is 3.31. The summed E-state index contributed by atoms with van der Waals surface area (Å²) in [4.78, 5) is 13.8. The van der Waals surface area contributed by atoms with Crippen molar-refractivity contribution < 1.29 is 9.18 Å². The fourth-order valence-corrected chi connectivity index (χ4v) is 2.00. The quantitative estimate of drug-likeness (QED) is 0.737. The van der Waals surface area contributed by atoms with E-state index in [-0.39, 0.29) is 11.5 Å². The van der Waals surface area contributed by atoms with Crippen molar-refractivity contribution in [1.82, 2.24) is 4.90 Å². The smallest absolute Gasteiger partial charge is 0.256 e. The Labute approximate surface area is 110 Å². The maximum absolute atomic E-state index is 13.5. The first-order chi connectivity index (χ1) is 8.20. The van der Waals surface area contributed by atoms with E-state index in [4.69, 9.17) is 0 Å². The summed E-state index contributed by atoms with van der Waals surface area (Å²) in [5, 5.41) is 0.705. The molecule has 0 saturated heterocycles. The van der Waals surface area contributed by atoms with Gasteiger partial charge in [-0.25, -0.2) is 4.39 Å². The summed E-state index contributed by atoms with van der Waals surface area (Å²) in [5.74, 6) is -0.676. The molecule has 0 heterocycles. The highest BCUT2D eigenvalue weighted by Gasteiger charge is 2.17. The summed E-state index contributed by atoms with van der Waals surface area (Å²) in [6, 6.07) is 6.12. The molecule has 1 amide bonds. The lowest BCUT2D eigenvalue weighted by Crippen LogP contribution is -2.34. The standard InChI is InChI=1S/C13H17BrFNO/c1-2-3-9-16(10-8-14)13(17)11-6-4-5-7-12(11)15/h4-7H,2-3,8-10H2,1H3. The summed E-state index contributed by atoms with van der Waals surface area (Å²) in [6.07, 6.45) is 1.95. The van der Waals surface area contributed by atoms with Crippen molar-refractivity contribution in [3.05, 3.63) is 35.6 Å². The Bertz CT molecular complexity index is 370. The van der Waals surface area contributed by atoms with Crippen molar-refractivity contribution in [2.45, 2.75) is 19.8 Å². The minimum absolute atomic E-state index is 0.157. The highest BCUT2D eigenvalue weighted by molar-refractivity contribution is 9.09. The van der Waals surface area contributed by atoms with E-state index in [0.29, 0.717) is 18.4 Å². The number of benzene rings is 1. The van der Waals surface area contributed by atoms with E-state index < -0.39 is 5.82 Å². The van der Waals surface area contributed by atoms with Gasteiger partial charge in [0.1, 0.15) is 5.82 Å². The molecular formula is C13H17BrFNO. The van der Waals surface area contributed by atoms with E-state index in [1.54, 1.807) is 17.0 Å². The normalized spacial score (nSPS) is 10.3.